The van der Waals surface area contributed by atoms with E-state index in [1.807, 2.05) is 75.4 Å². The Hall–Kier alpha value is -3.39. The van der Waals surface area contributed by atoms with Crippen LogP contribution in [0.2, 0.25) is 0 Å². The number of fused-ring (bicyclic) bond motifs is 1. The molecule has 8 nitrogen and oxygen atoms in total. The Morgan fingerprint density at radius 2 is 1.69 bits per heavy atom. The van der Waals surface area contributed by atoms with Crippen LogP contribution in [0.1, 0.15) is 76.9 Å². The van der Waals surface area contributed by atoms with Gasteiger partial charge in [-0.05, 0) is 69.6 Å². The molecule has 1 unspecified atom stereocenters. The van der Waals surface area contributed by atoms with Crippen molar-refractivity contribution in [1.29, 1.82) is 0 Å². The highest BCUT2D eigenvalue weighted by atomic mass is 16.6. The molecule has 3 aromatic rings. The van der Waals surface area contributed by atoms with Crippen molar-refractivity contribution in [1.82, 2.24) is 10.3 Å². The molecule has 2 N–H and O–H groups in total. The van der Waals surface area contributed by atoms with Crippen molar-refractivity contribution >= 4 is 23.2 Å². The number of nitrogens with zero attached hydrogens (tertiary/aromatic N) is 1. The number of hydrogen-bond donors (Lipinski definition) is 2. The third kappa shape index (κ3) is 8.82. The Kier molecular flexibility index (Phi) is 9.62. The molecule has 8 heteroatoms. The van der Waals surface area contributed by atoms with Gasteiger partial charge in [-0.1, -0.05) is 55.3 Å². The standard InChI is InChI=1S/C31H40N2O6/c1-31(2,3)39-30(36)32-19-22-15-13-21(14-16-22)17-24(18-27(34)37-20-23-9-5-4-6-10-23)28(35)29-33-25-11-7-8-12-26(25)38-29/h4-12,21-22,24,28,35H,13-20H2,1-3H3,(H,32,36)/t21?,22?,24-,28?/m1/s1. The first-order valence-corrected chi connectivity index (χ1v) is 13.9. The number of carbonyl (C=O) groups is 2. The van der Waals surface area contributed by atoms with Crippen LogP contribution in [-0.4, -0.2) is 34.3 Å². The maximum Gasteiger partial charge on any atom is 0.407 e. The van der Waals surface area contributed by atoms with Crippen LogP contribution in [0.5, 0.6) is 0 Å². The highest BCUT2D eigenvalue weighted by Crippen LogP contribution is 2.38. The normalized spacial score (nSPS) is 19.3. The third-order valence-corrected chi connectivity index (χ3v) is 7.22. The van der Waals surface area contributed by atoms with Crippen LogP contribution in [0, 0.1) is 17.8 Å². The lowest BCUT2D eigenvalue weighted by molar-refractivity contribution is -0.147. The van der Waals surface area contributed by atoms with Gasteiger partial charge >= 0.3 is 12.1 Å². The van der Waals surface area contributed by atoms with Crippen molar-refractivity contribution in [2.24, 2.45) is 17.8 Å². The van der Waals surface area contributed by atoms with E-state index in [1.165, 1.54) is 0 Å². The number of carbonyl (C=O) groups excluding carboxylic acids is 2. The summed E-state index contributed by atoms with van der Waals surface area (Å²) in [5.41, 5.74) is 1.68. The van der Waals surface area contributed by atoms with Gasteiger partial charge in [0.1, 0.15) is 23.8 Å². The average molecular weight is 537 g/mol. The van der Waals surface area contributed by atoms with Crippen molar-refractivity contribution < 1.29 is 28.6 Å². The number of alkyl carbamates (subject to hydrolysis) is 1. The van der Waals surface area contributed by atoms with Crippen molar-refractivity contribution in [3.8, 4) is 0 Å². The molecular formula is C31H40N2O6. The summed E-state index contributed by atoms with van der Waals surface area (Å²) >= 11 is 0. The molecule has 0 spiro atoms. The summed E-state index contributed by atoms with van der Waals surface area (Å²) < 4.78 is 16.7. The summed E-state index contributed by atoms with van der Waals surface area (Å²) in [6.45, 7) is 6.33. The van der Waals surface area contributed by atoms with Gasteiger partial charge in [0.15, 0.2) is 5.58 Å². The number of benzene rings is 2. The summed E-state index contributed by atoms with van der Waals surface area (Å²) in [7, 11) is 0. The van der Waals surface area contributed by atoms with Crippen molar-refractivity contribution in [3.63, 3.8) is 0 Å². The molecule has 1 aliphatic carbocycles. The lowest BCUT2D eigenvalue weighted by Crippen LogP contribution is -2.36. The van der Waals surface area contributed by atoms with E-state index < -0.39 is 11.7 Å². The SMILES string of the molecule is CC(C)(C)OC(=O)NCC1CCC(C[C@H](CC(=O)OCc2ccccc2)C(O)c2nc3ccccc3o2)CC1. The smallest absolute Gasteiger partial charge is 0.407 e. The lowest BCUT2D eigenvalue weighted by Gasteiger charge is -2.32. The van der Waals surface area contributed by atoms with Crippen LogP contribution in [-0.2, 0) is 20.9 Å². The fourth-order valence-electron chi connectivity index (χ4n) is 5.19. The minimum absolute atomic E-state index is 0.0762. The number of para-hydroxylation sites is 2. The first kappa shape index (κ1) is 28.6. The molecule has 4 rings (SSSR count). The number of aliphatic hydroxyl groups excluding tert-OH is 1. The summed E-state index contributed by atoms with van der Waals surface area (Å²) in [4.78, 5) is 29.3. The Balaban J connectivity index is 1.35. The second kappa shape index (κ2) is 13.1. The molecule has 1 saturated carbocycles. The minimum Gasteiger partial charge on any atom is -0.461 e. The molecule has 1 aromatic heterocycles. The van der Waals surface area contributed by atoms with E-state index in [2.05, 4.69) is 10.3 Å². The van der Waals surface area contributed by atoms with Crippen LogP contribution in [0.4, 0.5) is 4.79 Å². The van der Waals surface area contributed by atoms with E-state index >= 15 is 0 Å². The Morgan fingerprint density at radius 3 is 2.38 bits per heavy atom. The number of amides is 1. The molecule has 0 saturated heterocycles. The second-order valence-electron chi connectivity index (χ2n) is 11.6. The van der Waals surface area contributed by atoms with E-state index in [9.17, 15) is 14.7 Å². The maximum atomic E-state index is 12.8. The van der Waals surface area contributed by atoms with Crippen LogP contribution in [0.3, 0.4) is 0 Å². The van der Waals surface area contributed by atoms with Gasteiger partial charge in [0.05, 0.1) is 6.42 Å². The number of ether oxygens (including phenoxy) is 2. The molecule has 2 aromatic carbocycles. The number of oxazole rings is 1. The maximum absolute atomic E-state index is 12.8. The first-order chi connectivity index (χ1) is 18.7. The van der Waals surface area contributed by atoms with Crippen molar-refractivity contribution in [2.75, 3.05) is 6.54 Å². The van der Waals surface area contributed by atoms with Crippen LogP contribution in [0.15, 0.2) is 59.0 Å². The van der Waals surface area contributed by atoms with E-state index in [-0.39, 0.29) is 36.9 Å². The minimum atomic E-state index is -1.02. The van der Waals surface area contributed by atoms with Crippen LogP contribution in [0.25, 0.3) is 11.1 Å². The Morgan fingerprint density at radius 1 is 1.03 bits per heavy atom. The van der Waals surface area contributed by atoms with Gasteiger partial charge in [-0.25, -0.2) is 9.78 Å². The summed E-state index contributed by atoms with van der Waals surface area (Å²) in [5.74, 6) is 0.211. The van der Waals surface area contributed by atoms with Gasteiger partial charge in [-0.2, -0.15) is 0 Å². The highest BCUT2D eigenvalue weighted by Gasteiger charge is 2.32. The molecule has 1 fully saturated rings. The van der Waals surface area contributed by atoms with Crippen molar-refractivity contribution in [3.05, 3.63) is 66.1 Å². The zero-order valence-corrected chi connectivity index (χ0v) is 23.1. The second-order valence-corrected chi connectivity index (χ2v) is 11.6. The number of rotatable bonds is 10. The Labute approximate surface area is 230 Å². The predicted molar refractivity (Wildman–Crippen MR) is 148 cm³/mol. The summed E-state index contributed by atoms with van der Waals surface area (Å²) in [6.07, 6.45) is 3.16. The number of aliphatic hydroxyl groups is 1. The first-order valence-electron chi connectivity index (χ1n) is 13.9. The van der Waals surface area contributed by atoms with Gasteiger partial charge in [0.25, 0.3) is 0 Å². The zero-order chi connectivity index (χ0) is 27.8. The van der Waals surface area contributed by atoms with E-state index in [1.54, 1.807) is 0 Å². The van der Waals surface area contributed by atoms with Gasteiger partial charge in [-0.15, -0.1) is 0 Å². The number of nitrogens with one attached hydrogen (secondary N) is 1. The molecule has 1 aliphatic rings. The van der Waals surface area contributed by atoms with Gasteiger partial charge in [-0.3, -0.25) is 4.79 Å². The number of aromatic nitrogens is 1. The molecule has 2 atom stereocenters. The molecule has 1 amide bonds. The lowest BCUT2D eigenvalue weighted by atomic mass is 9.76. The van der Waals surface area contributed by atoms with E-state index in [0.29, 0.717) is 35.9 Å². The molecule has 1 heterocycles. The van der Waals surface area contributed by atoms with E-state index in [0.717, 1.165) is 31.2 Å². The summed E-state index contributed by atoms with van der Waals surface area (Å²) in [5, 5.41) is 14.2. The van der Waals surface area contributed by atoms with Crippen molar-refractivity contribution in [2.45, 2.75) is 77.6 Å². The fourth-order valence-corrected chi connectivity index (χ4v) is 5.19. The van der Waals surface area contributed by atoms with E-state index in [4.69, 9.17) is 13.9 Å². The quantitative estimate of drug-likeness (QED) is 0.291. The highest BCUT2D eigenvalue weighted by molar-refractivity contribution is 5.72. The topological polar surface area (TPSA) is 111 Å². The fraction of sp³-hybridized carbons (Fsp3) is 0.516. The van der Waals surface area contributed by atoms with Crippen LogP contribution >= 0.6 is 0 Å². The van der Waals surface area contributed by atoms with Gasteiger partial charge < -0.3 is 24.3 Å². The van der Waals surface area contributed by atoms with Gasteiger partial charge in [0.2, 0.25) is 5.89 Å². The third-order valence-electron chi connectivity index (χ3n) is 7.22. The average Bonchev–Trinajstić information content (AvgIpc) is 3.35. The van der Waals surface area contributed by atoms with Crippen LogP contribution < -0.4 is 5.32 Å². The summed E-state index contributed by atoms with van der Waals surface area (Å²) in [6, 6.07) is 16.9. The molecule has 39 heavy (non-hydrogen) atoms. The van der Waals surface area contributed by atoms with Gasteiger partial charge in [0, 0.05) is 12.5 Å². The monoisotopic (exact) mass is 536 g/mol. The molecular weight excluding hydrogens is 496 g/mol. The molecule has 0 bridgehead atoms. The zero-order valence-electron chi connectivity index (χ0n) is 23.1. The number of hydrogen-bond acceptors (Lipinski definition) is 7. The predicted octanol–water partition coefficient (Wildman–Crippen LogP) is 6.33. The molecule has 0 aliphatic heterocycles. The molecule has 210 valence electrons. The largest absolute Gasteiger partial charge is 0.461 e. The molecule has 0 radical (unpaired) electrons. The Bertz CT molecular complexity index is 1180. The number of esters is 1.